The van der Waals surface area contributed by atoms with Gasteiger partial charge in [0, 0.05) is 11.1 Å². The molecule has 0 atom stereocenters. The van der Waals surface area contributed by atoms with E-state index in [0.717, 1.165) is 6.26 Å². The van der Waals surface area contributed by atoms with Crippen molar-refractivity contribution in [1.82, 2.24) is 0 Å². The molecule has 0 N–H and O–H groups in total. The zero-order valence-electron chi connectivity index (χ0n) is 10.5. The molecule has 0 aliphatic rings. The zero-order valence-corrected chi connectivity index (χ0v) is 11.3. The van der Waals surface area contributed by atoms with Crippen LogP contribution in [0.1, 0.15) is 15.9 Å². The molecule has 2 rings (SSSR count). The van der Waals surface area contributed by atoms with Crippen LogP contribution in [-0.4, -0.2) is 43.8 Å². The van der Waals surface area contributed by atoms with Crippen molar-refractivity contribution in [2.24, 2.45) is 0 Å². The molecular weight excluding hydrogens is 299 g/mol. The number of carbonyl (C=O) groups excluding carboxylic acids is 1. The molecule has 0 amide bonds. The van der Waals surface area contributed by atoms with E-state index in [1.807, 2.05) is 0 Å². The second kappa shape index (κ2) is 7.56. The topological polar surface area (TPSA) is 60.4 Å². The van der Waals surface area contributed by atoms with Gasteiger partial charge in [-0.1, -0.05) is 49.0 Å². The number of benzene rings is 2. The predicted molar refractivity (Wildman–Crippen MR) is 81.9 cm³/mol. The summed E-state index contributed by atoms with van der Waals surface area (Å²) < 4.78 is 28.4. The van der Waals surface area contributed by atoms with E-state index in [4.69, 9.17) is 0 Å². The van der Waals surface area contributed by atoms with Crippen molar-refractivity contribution in [2.45, 2.75) is 4.90 Å². The van der Waals surface area contributed by atoms with Crippen LogP contribution in [0.15, 0.2) is 72.3 Å². The summed E-state index contributed by atoms with van der Waals surface area (Å²) in [6.45, 7) is 3.22. The fraction of sp³-hybridized carbons (Fsp3) is 0. The van der Waals surface area contributed by atoms with Gasteiger partial charge in [0.25, 0.3) is 0 Å². The van der Waals surface area contributed by atoms with Gasteiger partial charge in [-0.2, -0.15) is 8.42 Å². The predicted octanol–water partition coefficient (Wildman–Crippen LogP) is 2.12. The Labute approximate surface area is 145 Å². The van der Waals surface area contributed by atoms with Gasteiger partial charge < -0.3 is 4.18 Å². The van der Waals surface area contributed by atoms with E-state index in [1.54, 1.807) is 36.4 Å². The Bertz CT molecular complexity index is 739. The van der Waals surface area contributed by atoms with Crippen LogP contribution in [0.5, 0.6) is 0 Å². The van der Waals surface area contributed by atoms with Crippen molar-refractivity contribution >= 4 is 45.5 Å². The second-order valence-corrected chi connectivity index (χ2v) is 5.45. The maximum absolute atomic E-state index is 12.4. The van der Waals surface area contributed by atoms with Crippen molar-refractivity contribution in [3.05, 3.63) is 78.6 Å². The molecule has 0 fully saturated rings. The van der Waals surface area contributed by atoms with Crippen LogP contribution in [-0.2, 0) is 14.3 Å². The molecule has 0 aliphatic heterocycles. The first-order valence-electron chi connectivity index (χ1n) is 5.79. The summed E-state index contributed by atoms with van der Waals surface area (Å²) in [5.41, 5.74) is 0.481. The van der Waals surface area contributed by atoms with Crippen molar-refractivity contribution in [3.63, 3.8) is 0 Å². The van der Waals surface area contributed by atoms with Crippen LogP contribution in [0.4, 0.5) is 0 Å². The van der Waals surface area contributed by atoms with Gasteiger partial charge >= 0.3 is 39.7 Å². The number of hydrogen-bond acceptors (Lipinski definition) is 4. The first-order chi connectivity index (χ1) is 9.56. The third-order valence-electron chi connectivity index (χ3n) is 2.63. The average Bonchev–Trinajstić information content (AvgIpc) is 2.47. The molecule has 0 heterocycles. The SMILES string of the molecule is C=COS(=O)(=O)c1ccccc1C(=O)c1ccccc1.[NaH]. The summed E-state index contributed by atoms with van der Waals surface area (Å²) in [6, 6.07) is 14.4. The molecule has 0 aliphatic carbocycles. The van der Waals surface area contributed by atoms with Gasteiger partial charge in [-0.25, -0.2) is 0 Å². The van der Waals surface area contributed by atoms with Crippen LogP contribution in [0.25, 0.3) is 0 Å². The van der Waals surface area contributed by atoms with Crippen LogP contribution in [0.2, 0.25) is 0 Å². The first-order valence-corrected chi connectivity index (χ1v) is 7.20. The van der Waals surface area contributed by atoms with Gasteiger partial charge in [0.05, 0.1) is 6.26 Å². The van der Waals surface area contributed by atoms with Crippen LogP contribution < -0.4 is 0 Å². The van der Waals surface area contributed by atoms with E-state index < -0.39 is 10.1 Å². The molecule has 0 saturated heterocycles. The van der Waals surface area contributed by atoms with Gasteiger partial charge in [0.1, 0.15) is 4.90 Å². The molecule has 6 heteroatoms. The Hall–Kier alpha value is -1.40. The van der Waals surface area contributed by atoms with E-state index in [-0.39, 0.29) is 45.8 Å². The summed E-state index contributed by atoms with van der Waals surface area (Å²) in [6.07, 6.45) is 0.819. The molecule has 104 valence electrons. The maximum atomic E-state index is 12.4. The summed E-state index contributed by atoms with van der Waals surface area (Å²) >= 11 is 0. The van der Waals surface area contributed by atoms with Crippen molar-refractivity contribution in [2.75, 3.05) is 0 Å². The molecule has 0 saturated carbocycles. The molecular formula is C15H13NaO4S. The summed E-state index contributed by atoms with van der Waals surface area (Å²) in [5.74, 6) is -0.377. The third kappa shape index (κ3) is 4.04. The molecule has 0 bridgehead atoms. The van der Waals surface area contributed by atoms with E-state index >= 15 is 0 Å². The average molecular weight is 312 g/mol. The summed E-state index contributed by atoms with van der Waals surface area (Å²) in [7, 11) is -4.03. The summed E-state index contributed by atoms with van der Waals surface area (Å²) in [4.78, 5) is 12.2. The van der Waals surface area contributed by atoms with Gasteiger partial charge in [-0.3, -0.25) is 4.79 Å². The Morgan fingerprint density at radius 2 is 1.57 bits per heavy atom. The Morgan fingerprint density at radius 3 is 2.19 bits per heavy atom. The molecule has 21 heavy (non-hydrogen) atoms. The Morgan fingerprint density at radius 1 is 1.00 bits per heavy atom. The molecule has 2 aromatic rings. The molecule has 0 aromatic heterocycles. The Balaban J connectivity index is 0.00000220. The monoisotopic (exact) mass is 312 g/mol. The third-order valence-corrected chi connectivity index (χ3v) is 3.92. The normalized spacial score (nSPS) is 10.3. The number of hydrogen-bond donors (Lipinski definition) is 0. The van der Waals surface area contributed by atoms with E-state index in [9.17, 15) is 13.2 Å². The van der Waals surface area contributed by atoms with Crippen LogP contribution in [0.3, 0.4) is 0 Å². The van der Waals surface area contributed by atoms with E-state index in [0.29, 0.717) is 5.56 Å². The minimum atomic E-state index is -4.03. The number of carbonyl (C=O) groups is 1. The minimum absolute atomic E-state index is 0. The van der Waals surface area contributed by atoms with Gasteiger partial charge in [-0.05, 0) is 12.1 Å². The Kier molecular flexibility index (Phi) is 6.36. The standard InChI is InChI=1S/C15H12O4S.Na.H/c1-2-19-20(17,18)14-11-7-6-10-13(14)15(16)12-8-4-3-5-9-12;;/h2-11H,1H2;;. The van der Waals surface area contributed by atoms with E-state index in [2.05, 4.69) is 10.8 Å². The van der Waals surface area contributed by atoms with Crippen LogP contribution in [0, 0.1) is 0 Å². The van der Waals surface area contributed by atoms with Gasteiger partial charge in [0.2, 0.25) is 0 Å². The van der Waals surface area contributed by atoms with E-state index in [1.165, 1.54) is 18.2 Å². The summed E-state index contributed by atoms with van der Waals surface area (Å²) in [5, 5.41) is 0. The fourth-order valence-electron chi connectivity index (χ4n) is 1.76. The van der Waals surface area contributed by atoms with Gasteiger partial charge in [0.15, 0.2) is 5.78 Å². The fourth-order valence-corrected chi connectivity index (χ4v) is 2.72. The number of ketones is 1. The molecule has 0 radical (unpaired) electrons. The first kappa shape index (κ1) is 17.7. The number of rotatable bonds is 5. The quantitative estimate of drug-likeness (QED) is 0.367. The molecule has 0 unspecified atom stereocenters. The zero-order chi connectivity index (χ0) is 14.6. The van der Waals surface area contributed by atoms with Crippen molar-refractivity contribution in [3.8, 4) is 0 Å². The molecule has 4 nitrogen and oxygen atoms in total. The van der Waals surface area contributed by atoms with Crippen molar-refractivity contribution in [1.29, 1.82) is 0 Å². The second-order valence-electron chi connectivity index (χ2n) is 3.91. The molecule has 0 spiro atoms. The van der Waals surface area contributed by atoms with Crippen molar-refractivity contribution < 1.29 is 17.4 Å². The van der Waals surface area contributed by atoms with Gasteiger partial charge in [-0.15, -0.1) is 0 Å². The molecule has 2 aromatic carbocycles. The van der Waals surface area contributed by atoms with Crippen LogP contribution >= 0.6 is 0 Å².